The molecule has 0 aliphatic rings. The molecule has 0 aliphatic carbocycles. The molecule has 3 heteroatoms. The number of hydrogen-bond donors (Lipinski definition) is 0. The van der Waals surface area contributed by atoms with Crippen molar-refractivity contribution in [2.24, 2.45) is 7.05 Å². The van der Waals surface area contributed by atoms with Crippen LogP contribution in [0.25, 0.3) is 0 Å². The average Bonchev–Trinajstić information content (AvgIpc) is 2.18. The first-order chi connectivity index (χ1) is 6.74. The maximum Gasteiger partial charge on any atom is 0.344 e. The van der Waals surface area contributed by atoms with Crippen LogP contribution in [0.1, 0.15) is 30.1 Å². The molecule has 1 rings (SSSR count). The van der Waals surface area contributed by atoms with Gasteiger partial charge in [-0.1, -0.05) is 13.3 Å². The number of esters is 1. The number of aromatic nitrogens is 1. The third kappa shape index (κ3) is 3.17. The zero-order valence-corrected chi connectivity index (χ0v) is 8.69. The molecule has 0 spiro atoms. The lowest BCUT2D eigenvalue weighted by molar-refractivity contribution is -0.671. The van der Waals surface area contributed by atoms with Crippen molar-refractivity contribution in [1.29, 1.82) is 0 Å². The summed E-state index contributed by atoms with van der Waals surface area (Å²) in [5, 5.41) is 0. The Morgan fingerprint density at radius 3 is 3.00 bits per heavy atom. The van der Waals surface area contributed by atoms with E-state index in [1.54, 1.807) is 12.3 Å². The Hall–Kier alpha value is -1.38. The number of carbonyl (C=O) groups is 1. The summed E-state index contributed by atoms with van der Waals surface area (Å²) >= 11 is 0. The van der Waals surface area contributed by atoms with E-state index in [9.17, 15) is 4.79 Å². The summed E-state index contributed by atoms with van der Waals surface area (Å²) in [5.41, 5.74) is 0.603. The van der Waals surface area contributed by atoms with E-state index in [1.165, 1.54) is 0 Å². The van der Waals surface area contributed by atoms with E-state index in [0.717, 1.165) is 12.8 Å². The van der Waals surface area contributed by atoms with Crippen molar-refractivity contribution in [1.82, 2.24) is 0 Å². The maximum atomic E-state index is 11.4. The van der Waals surface area contributed by atoms with E-state index in [2.05, 4.69) is 6.92 Å². The monoisotopic (exact) mass is 194 g/mol. The van der Waals surface area contributed by atoms with Gasteiger partial charge in [-0.15, -0.1) is 0 Å². The van der Waals surface area contributed by atoms with Crippen LogP contribution in [0.3, 0.4) is 0 Å². The van der Waals surface area contributed by atoms with Gasteiger partial charge < -0.3 is 4.74 Å². The summed E-state index contributed by atoms with van der Waals surface area (Å²) in [6.45, 7) is 2.57. The summed E-state index contributed by atoms with van der Waals surface area (Å²) < 4.78 is 6.90. The van der Waals surface area contributed by atoms with Gasteiger partial charge in [0.25, 0.3) is 0 Å². The minimum atomic E-state index is -0.241. The molecule has 3 nitrogen and oxygen atoms in total. The second kappa shape index (κ2) is 5.37. The molecule has 0 unspecified atom stereocenters. The molecule has 1 aromatic heterocycles. The SMILES string of the molecule is CCCCOC(=O)c1ccc[n+](C)c1. The Balaban J connectivity index is 2.52. The van der Waals surface area contributed by atoms with Gasteiger partial charge >= 0.3 is 5.97 Å². The van der Waals surface area contributed by atoms with Gasteiger partial charge in [0.15, 0.2) is 12.4 Å². The van der Waals surface area contributed by atoms with Crippen LogP contribution in [0.5, 0.6) is 0 Å². The summed E-state index contributed by atoms with van der Waals surface area (Å²) in [4.78, 5) is 11.4. The zero-order valence-electron chi connectivity index (χ0n) is 8.69. The normalized spacial score (nSPS) is 9.86. The molecule has 14 heavy (non-hydrogen) atoms. The van der Waals surface area contributed by atoms with E-state index in [-0.39, 0.29) is 5.97 Å². The molecule has 1 heterocycles. The van der Waals surface area contributed by atoms with Gasteiger partial charge in [-0.05, 0) is 12.5 Å². The molecule has 0 atom stereocenters. The highest BCUT2D eigenvalue weighted by molar-refractivity contribution is 5.88. The lowest BCUT2D eigenvalue weighted by atomic mass is 10.3. The number of nitrogens with zero attached hydrogens (tertiary/aromatic N) is 1. The standard InChI is InChI=1S/C11H16NO2/c1-3-4-8-14-11(13)10-6-5-7-12(2)9-10/h5-7,9H,3-4,8H2,1-2H3/q+1. The first-order valence-electron chi connectivity index (χ1n) is 4.86. The third-order valence-corrected chi connectivity index (χ3v) is 1.91. The van der Waals surface area contributed by atoms with Gasteiger partial charge in [-0.3, -0.25) is 0 Å². The highest BCUT2D eigenvalue weighted by Gasteiger charge is 2.09. The van der Waals surface area contributed by atoms with Gasteiger partial charge in [-0.2, -0.15) is 0 Å². The Morgan fingerprint density at radius 2 is 2.36 bits per heavy atom. The molecular weight excluding hydrogens is 178 g/mol. The maximum absolute atomic E-state index is 11.4. The summed E-state index contributed by atoms with van der Waals surface area (Å²) in [6, 6.07) is 3.59. The molecule has 0 N–H and O–H groups in total. The average molecular weight is 194 g/mol. The molecule has 76 valence electrons. The van der Waals surface area contributed by atoms with Crippen LogP contribution in [0.4, 0.5) is 0 Å². The van der Waals surface area contributed by atoms with E-state index in [1.807, 2.05) is 23.9 Å². The third-order valence-electron chi connectivity index (χ3n) is 1.91. The Bertz CT molecular complexity index is 310. The highest BCUT2D eigenvalue weighted by Crippen LogP contribution is 1.99. The number of carbonyl (C=O) groups excluding carboxylic acids is 1. The molecule has 0 saturated carbocycles. The molecule has 0 radical (unpaired) electrons. The van der Waals surface area contributed by atoms with Crippen molar-refractivity contribution in [3.8, 4) is 0 Å². The number of rotatable bonds is 4. The number of pyridine rings is 1. The van der Waals surface area contributed by atoms with Crippen LogP contribution in [-0.4, -0.2) is 12.6 Å². The van der Waals surface area contributed by atoms with Crippen molar-refractivity contribution in [3.05, 3.63) is 30.1 Å². The summed E-state index contributed by atoms with van der Waals surface area (Å²) in [6.07, 6.45) is 5.59. The van der Waals surface area contributed by atoms with Crippen LogP contribution in [0.15, 0.2) is 24.5 Å². The van der Waals surface area contributed by atoms with E-state index < -0.39 is 0 Å². The number of ether oxygens (including phenoxy) is 1. The van der Waals surface area contributed by atoms with Crippen LogP contribution in [0.2, 0.25) is 0 Å². The molecule has 1 aromatic rings. The molecule has 0 aliphatic heterocycles. The minimum Gasteiger partial charge on any atom is -0.462 e. The van der Waals surface area contributed by atoms with E-state index >= 15 is 0 Å². The highest BCUT2D eigenvalue weighted by atomic mass is 16.5. The topological polar surface area (TPSA) is 30.2 Å². The fourth-order valence-electron chi connectivity index (χ4n) is 1.10. The second-order valence-corrected chi connectivity index (χ2v) is 3.25. The number of aryl methyl sites for hydroxylation is 1. The quantitative estimate of drug-likeness (QED) is 0.413. The van der Waals surface area contributed by atoms with Gasteiger partial charge in [0.1, 0.15) is 12.6 Å². The second-order valence-electron chi connectivity index (χ2n) is 3.25. The lowest BCUT2D eigenvalue weighted by Crippen LogP contribution is -2.28. The van der Waals surface area contributed by atoms with Crippen molar-refractivity contribution >= 4 is 5.97 Å². The van der Waals surface area contributed by atoms with Crippen LogP contribution in [0, 0.1) is 0 Å². The van der Waals surface area contributed by atoms with Gasteiger partial charge in [0.05, 0.1) is 6.61 Å². The Labute approximate surface area is 84.3 Å². The molecule has 0 amide bonds. The number of hydrogen-bond acceptors (Lipinski definition) is 2. The Morgan fingerprint density at radius 1 is 1.57 bits per heavy atom. The smallest absolute Gasteiger partial charge is 0.344 e. The van der Waals surface area contributed by atoms with Crippen molar-refractivity contribution in [2.45, 2.75) is 19.8 Å². The molecule has 0 saturated heterocycles. The fraction of sp³-hybridized carbons (Fsp3) is 0.455. The molecule has 0 aromatic carbocycles. The summed E-state index contributed by atoms with van der Waals surface area (Å²) in [5.74, 6) is -0.241. The first kappa shape index (κ1) is 10.7. The molecule has 0 bridgehead atoms. The minimum absolute atomic E-state index is 0.241. The van der Waals surface area contributed by atoms with Gasteiger partial charge in [-0.25, -0.2) is 9.36 Å². The van der Waals surface area contributed by atoms with Crippen LogP contribution in [-0.2, 0) is 11.8 Å². The molecule has 0 fully saturated rings. The fourth-order valence-corrected chi connectivity index (χ4v) is 1.10. The van der Waals surface area contributed by atoms with Crippen molar-refractivity contribution in [3.63, 3.8) is 0 Å². The van der Waals surface area contributed by atoms with Gasteiger partial charge in [0, 0.05) is 6.07 Å². The predicted molar refractivity (Wildman–Crippen MR) is 52.8 cm³/mol. The zero-order chi connectivity index (χ0) is 10.4. The van der Waals surface area contributed by atoms with E-state index in [4.69, 9.17) is 4.74 Å². The largest absolute Gasteiger partial charge is 0.462 e. The van der Waals surface area contributed by atoms with Gasteiger partial charge in [0.2, 0.25) is 0 Å². The Kier molecular flexibility index (Phi) is 4.11. The van der Waals surface area contributed by atoms with Crippen LogP contribution >= 0.6 is 0 Å². The first-order valence-corrected chi connectivity index (χ1v) is 4.86. The molecular formula is C11H16NO2+. The number of unbranched alkanes of at least 4 members (excludes halogenated alkanes) is 1. The van der Waals surface area contributed by atoms with Crippen molar-refractivity contribution < 1.29 is 14.1 Å². The van der Waals surface area contributed by atoms with Crippen molar-refractivity contribution in [2.75, 3.05) is 6.61 Å². The lowest BCUT2D eigenvalue weighted by Gasteiger charge is -2.01. The predicted octanol–water partition coefficient (Wildman–Crippen LogP) is 1.47. The van der Waals surface area contributed by atoms with E-state index in [0.29, 0.717) is 12.2 Å². The van der Waals surface area contributed by atoms with Crippen LogP contribution < -0.4 is 4.57 Å². The summed E-state index contributed by atoms with van der Waals surface area (Å²) in [7, 11) is 1.88.